The van der Waals surface area contributed by atoms with Crippen molar-refractivity contribution in [2.45, 2.75) is 0 Å². The van der Waals surface area contributed by atoms with Crippen LogP contribution in [0.3, 0.4) is 0 Å². The van der Waals surface area contributed by atoms with Gasteiger partial charge in [0.1, 0.15) is 0 Å². The van der Waals surface area contributed by atoms with Crippen LogP contribution in [0, 0.1) is 5.41 Å². The summed E-state index contributed by atoms with van der Waals surface area (Å²) in [7, 11) is 1.60. The molecule has 0 aromatic carbocycles. The maximum absolute atomic E-state index is 10.3. The highest BCUT2D eigenvalue weighted by atomic mass is 16.5. The van der Waals surface area contributed by atoms with Crippen LogP contribution in [0.25, 0.3) is 0 Å². The molecular formula is C4H9N3O2. The number of nitrogens with two attached hydrogens (primary N) is 1. The molecule has 0 amide bonds. The smallest absolute Gasteiger partial charge is 0.327 e. The minimum atomic E-state index is -0.574. The lowest BCUT2D eigenvalue weighted by atomic mass is 10.7. The quantitative estimate of drug-likeness (QED) is 0.245. The molecule has 4 N–H and O–H groups in total. The first-order valence-electron chi connectivity index (χ1n) is 2.36. The fourth-order valence-electron chi connectivity index (χ4n) is 0.303. The van der Waals surface area contributed by atoms with Gasteiger partial charge in [0.25, 0.3) is 6.02 Å². The molecule has 0 radical (unpaired) electrons. The summed E-state index contributed by atoms with van der Waals surface area (Å²) >= 11 is 0. The first-order chi connectivity index (χ1) is 4.16. The second kappa shape index (κ2) is 3.85. The van der Waals surface area contributed by atoms with Crippen LogP contribution in [0.15, 0.2) is 0 Å². The number of esters is 1. The summed E-state index contributed by atoms with van der Waals surface area (Å²) in [6.07, 6.45) is 0. The summed E-state index contributed by atoms with van der Waals surface area (Å²) in [5, 5.41) is 9.06. The summed E-state index contributed by atoms with van der Waals surface area (Å²) in [6.45, 7) is 0.0690. The Morgan fingerprint density at radius 3 is 2.78 bits per heavy atom. The number of likely N-dealkylation sites (N-methyl/N-ethyl adjacent to an activating group) is 1. The molecule has 0 rings (SSSR count). The van der Waals surface area contributed by atoms with Crippen molar-refractivity contribution in [3.63, 3.8) is 0 Å². The molecule has 5 heteroatoms. The van der Waals surface area contributed by atoms with Crippen LogP contribution in [-0.2, 0) is 9.53 Å². The zero-order valence-corrected chi connectivity index (χ0v) is 5.10. The van der Waals surface area contributed by atoms with Crippen molar-refractivity contribution in [2.24, 2.45) is 5.73 Å². The number of rotatable bonds is 2. The Hall–Kier alpha value is -1.10. The van der Waals surface area contributed by atoms with E-state index in [1.165, 1.54) is 0 Å². The number of carbonyl (C=O) groups excluding carboxylic acids is 1. The number of nitrogens with one attached hydrogen (secondary N) is 2. The van der Waals surface area contributed by atoms with Crippen molar-refractivity contribution >= 4 is 12.0 Å². The summed E-state index contributed by atoms with van der Waals surface area (Å²) in [5.74, 6) is -0.551. The third-order valence-electron chi connectivity index (χ3n) is 0.545. The Morgan fingerprint density at radius 1 is 1.89 bits per heavy atom. The number of hydrogen-bond donors (Lipinski definition) is 3. The third-order valence-corrected chi connectivity index (χ3v) is 0.545. The summed E-state index contributed by atoms with van der Waals surface area (Å²) in [6, 6.07) is -0.574. The number of hydrogen-bond acceptors (Lipinski definition) is 4. The fraction of sp³-hybridized carbons (Fsp3) is 0.500. The Bertz CT molecular complexity index is 123. The molecule has 9 heavy (non-hydrogen) atoms. The second-order valence-corrected chi connectivity index (χ2v) is 1.37. The normalized spacial score (nSPS) is 8.56. The molecule has 0 aromatic heterocycles. The van der Waals surface area contributed by atoms with Crippen molar-refractivity contribution in [1.29, 1.82) is 5.41 Å². The van der Waals surface area contributed by atoms with Crippen LogP contribution < -0.4 is 11.1 Å². The van der Waals surface area contributed by atoms with Crippen molar-refractivity contribution in [3.05, 3.63) is 0 Å². The molecule has 0 saturated heterocycles. The van der Waals surface area contributed by atoms with Crippen molar-refractivity contribution in [3.8, 4) is 0 Å². The van der Waals surface area contributed by atoms with E-state index in [1.807, 2.05) is 0 Å². The highest BCUT2D eigenvalue weighted by Gasteiger charge is 2.00. The van der Waals surface area contributed by atoms with Gasteiger partial charge >= 0.3 is 5.97 Å². The first-order valence-corrected chi connectivity index (χ1v) is 2.36. The van der Waals surface area contributed by atoms with E-state index < -0.39 is 12.0 Å². The Morgan fingerprint density at radius 2 is 2.44 bits per heavy atom. The van der Waals surface area contributed by atoms with Crippen LogP contribution in [0.1, 0.15) is 0 Å². The van der Waals surface area contributed by atoms with Gasteiger partial charge in [-0.3, -0.25) is 10.2 Å². The van der Waals surface area contributed by atoms with E-state index in [9.17, 15) is 4.79 Å². The molecule has 0 heterocycles. The Labute approximate surface area is 52.7 Å². The Kier molecular flexibility index (Phi) is 3.38. The second-order valence-electron chi connectivity index (χ2n) is 1.37. The van der Waals surface area contributed by atoms with Crippen LogP contribution in [-0.4, -0.2) is 25.6 Å². The van der Waals surface area contributed by atoms with Gasteiger partial charge in [-0.15, -0.1) is 0 Å². The van der Waals surface area contributed by atoms with Gasteiger partial charge < -0.3 is 15.8 Å². The molecule has 0 aliphatic rings. The van der Waals surface area contributed by atoms with Gasteiger partial charge in [-0.2, -0.15) is 0 Å². The van der Waals surface area contributed by atoms with E-state index in [1.54, 1.807) is 7.05 Å². The number of amidine groups is 1. The van der Waals surface area contributed by atoms with Crippen LogP contribution in [0.4, 0.5) is 0 Å². The zero-order valence-electron chi connectivity index (χ0n) is 5.10. The predicted molar refractivity (Wildman–Crippen MR) is 31.9 cm³/mol. The maximum atomic E-state index is 10.3. The molecule has 0 aromatic rings. The maximum Gasteiger partial charge on any atom is 0.327 e. The molecule has 0 spiro atoms. The molecule has 0 bridgehead atoms. The molecule has 0 fully saturated rings. The highest BCUT2D eigenvalue weighted by molar-refractivity contribution is 5.85. The van der Waals surface area contributed by atoms with Crippen LogP contribution in [0.2, 0.25) is 0 Å². The fourth-order valence-corrected chi connectivity index (χ4v) is 0.303. The van der Waals surface area contributed by atoms with Gasteiger partial charge in [0.15, 0.2) is 0 Å². The van der Waals surface area contributed by atoms with Gasteiger partial charge in [0, 0.05) is 0 Å². The SMILES string of the molecule is CNCC(=O)OC(=N)N. The van der Waals surface area contributed by atoms with E-state index in [-0.39, 0.29) is 6.54 Å². The Balaban J connectivity index is 3.39. The van der Waals surface area contributed by atoms with E-state index in [0.29, 0.717) is 0 Å². The molecule has 52 valence electrons. The van der Waals surface area contributed by atoms with E-state index >= 15 is 0 Å². The van der Waals surface area contributed by atoms with Gasteiger partial charge in [-0.1, -0.05) is 0 Å². The zero-order chi connectivity index (χ0) is 7.28. The predicted octanol–water partition coefficient (Wildman–Crippen LogP) is -1.36. The van der Waals surface area contributed by atoms with Crippen LogP contribution >= 0.6 is 0 Å². The van der Waals surface area contributed by atoms with Crippen molar-refractivity contribution in [1.82, 2.24) is 5.32 Å². The first kappa shape index (κ1) is 7.90. The lowest BCUT2D eigenvalue weighted by Crippen LogP contribution is -2.26. The average molecular weight is 131 g/mol. The summed E-state index contributed by atoms with van der Waals surface area (Å²) in [4.78, 5) is 10.3. The lowest BCUT2D eigenvalue weighted by molar-refractivity contribution is -0.134. The molecular weight excluding hydrogens is 122 g/mol. The number of ether oxygens (including phenoxy) is 1. The molecule has 5 nitrogen and oxygen atoms in total. The third kappa shape index (κ3) is 4.76. The van der Waals surface area contributed by atoms with Gasteiger partial charge in [-0.25, -0.2) is 0 Å². The summed E-state index contributed by atoms with van der Waals surface area (Å²) < 4.78 is 4.15. The van der Waals surface area contributed by atoms with Crippen molar-refractivity contribution in [2.75, 3.05) is 13.6 Å². The molecule has 0 unspecified atom stereocenters. The van der Waals surface area contributed by atoms with E-state index in [0.717, 1.165) is 0 Å². The average Bonchev–Trinajstić information content (AvgIpc) is 1.63. The standard InChI is InChI=1S/C4H9N3O2/c1-7-2-3(8)9-4(5)6/h7H,2H2,1H3,(H3,5,6). The van der Waals surface area contributed by atoms with E-state index in [4.69, 9.17) is 11.1 Å². The topological polar surface area (TPSA) is 88.2 Å². The largest absolute Gasteiger partial charge is 0.392 e. The number of carbonyl (C=O) groups is 1. The minimum Gasteiger partial charge on any atom is -0.392 e. The van der Waals surface area contributed by atoms with Gasteiger partial charge in [-0.05, 0) is 7.05 Å². The van der Waals surface area contributed by atoms with E-state index in [2.05, 4.69) is 10.1 Å². The lowest BCUT2D eigenvalue weighted by Gasteiger charge is -1.97. The highest BCUT2D eigenvalue weighted by Crippen LogP contribution is 1.71. The molecule has 0 atom stereocenters. The molecule has 0 saturated carbocycles. The monoisotopic (exact) mass is 131 g/mol. The van der Waals surface area contributed by atoms with Gasteiger partial charge in [0.05, 0.1) is 6.54 Å². The van der Waals surface area contributed by atoms with Gasteiger partial charge in [0.2, 0.25) is 0 Å². The minimum absolute atomic E-state index is 0.0690. The molecule has 0 aliphatic carbocycles. The summed E-state index contributed by atoms with van der Waals surface area (Å²) in [5.41, 5.74) is 4.74. The molecule has 0 aliphatic heterocycles. The van der Waals surface area contributed by atoms with Crippen LogP contribution in [0.5, 0.6) is 0 Å². The van der Waals surface area contributed by atoms with Crippen molar-refractivity contribution < 1.29 is 9.53 Å².